The van der Waals surface area contributed by atoms with Gasteiger partial charge in [0.2, 0.25) is 0 Å². The molecule has 4 aliphatic heterocycles. The third kappa shape index (κ3) is 4.00. The zero-order valence-electron chi connectivity index (χ0n) is 19.3. The summed E-state index contributed by atoms with van der Waals surface area (Å²) < 4.78 is 27.1. The van der Waals surface area contributed by atoms with Crippen LogP contribution in [0.3, 0.4) is 0 Å². The average molecular weight is 453 g/mol. The van der Waals surface area contributed by atoms with Gasteiger partial charge in [-0.05, 0) is 80.9 Å². The highest BCUT2D eigenvalue weighted by Gasteiger charge is 2.35. The number of anilines is 2. The summed E-state index contributed by atoms with van der Waals surface area (Å²) in [6.07, 6.45) is 5.97. The molecule has 0 saturated carbocycles. The number of likely N-dealkylation sites (tertiary alicyclic amines) is 1. The van der Waals surface area contributed by atoms with Crippen molar-refractivity contribution in [2.75, 3.05) is 44.7 Å². The van der Waals surface area contributed by atoms with Crippen LogP contribution in [0.25, 0.3) is 0 Å². The summed E-state index contributed by atoms with van der Waals surface area (Å²) in [6, 6.07) is 6.52. The highest BCUT2D eigenvalue weighted by atomic mass is 19.1. The minimum Gasteiger partial charge on any atom is -0.481 e. The smallest absolute Gasteiger partial charge is 0.179 e. The minimum absolute atomic E-state index is 0.278. The molecular weight excluding hydrogens is 419 g/mol. The molecular formula is C26H33FN4O2. The maximum Gasteiger partial charge on any atom is 0.179 e. The molecule has 0 amide bonds. The van der Waals surface area contributed by atoms with E-state index in [-0.39, 0.29) is 11.9 Å². The SMILES string of the molecule is C[C@@H]1Oc2c(F)cc(C3CN(C4CCNCC4)C3)cc2Nc2nccc(C3CCOCC3)c21. The molecule has 2 aromatic rings. The second-order valence-electron chi connectivity index (χ2n) is 9.95. The van der Waals surface area contributed by atoms with Crippen LogP contribution >= 0.6 is 0 Å². The molecule has 4 aliphatic rings. The fourth-order valence-corrected chi connectivity index (χ4v) is 6.00. The van der Waals surface area contributed by atoms with Crippen molar-refractivity contribution in [1.82, 2.24) is 15.2 Å². The highest BCUT2D eigenvalue weighted by Crippen LogP contribution is 2.45. The van der Waals surface area contributed by atoms with E-state index in [2.05, 4.69) is 32.7 Å². The summed E-state index contributed by atoms with van der Waals surface area (Å²) in [5, 5.41) is 6.88. The second kappa shape index (κ2) is 8.85. The fourth-order valence-electron chi connectivity index (χ4n) is 6.00. The van der Waals surface area contributed by atoms with Gasteiger partial charge in [0, 0.05) is 50.0 Å². The second-order valence-corrected chi connectivity index (χ2v) is 9.95. The van der Waals surface area contributed by atoms with Crippen molar-refractivity contribution >= 4 is 11.5 Å². The molecule has 3 saturated heterocycles. The van der Waals surface area contributed by atoms with Crippen LogP contribution in [0.5, 0.6) is 5.75 Å². The maximum absolute atomic E-state index is 15.3. The van der Waals surface area contributed by atoms with E-state index in [1.165, 1.54) is 18.4 Å². The van der Waals surface area contributed by atoms with Gasteiger partial charge in [-0.25, -0.2) is 9.37 Å². The standard InChI is InChI=1S/C26H33FN4O2/c1-16-24-21(17-5-10-32-11-6-17)4-9-29-26(24)30-23-13-18(12-22(27)25(23)33-16)19-14-31(15-19)20-2-7-28-8-3-20/h4,9,12-13,16-17,19-20,28H,2-3,5-8,10-11,14-15H2,1H3,(H,29,30)/t16-/m0/s1. The Bertz CT molecular complexity index is 1010. The number of pyridine rings is 1. The van der Waals surface area contributed by atoms with Crippen LogP contribution < -0.4 is 15.4 Å². The molecule has 0 aliphatic carbocycles. The van der Waals surface area contributed by atoms with E-state index in [1.807, 2.05) is 13.1 Å². The molecule has 1 aromatic heterocycles. The number of fused-ring (bicyclic) bond motifs is 2. The monoisotopic (exact) mass is 452 g/mol. The molecule has 5 heterocycles. The van der Waals surface area contributed by atoms with E-state index in [0.717, 1.165) is 69.2 Å². The Balaban J connectivity index is 1.26. The summed E-state index contributed by atoms with van der Waals surface area (Å²) in [5.74, 6) is 1.58. The molecule has 33 heavy (non-hydrogen) atoms. The van der Waals surface area contributed by atoms with Gasteiger partial charge in [-0.3, -0.25) is 4.90 Å². The lowest BCUT2D eigenvalue weighted by Gasteiger charge is -2.46. The van der Waals surface area contributed by atoms with Crippen LogP contribution in [0.15, 0.2) is 24.4 Å². The molecule has 1 atom stereocenters. The molecule has 0 spiro atoms. The number of benzene rings is 1. The predicted octanol–water partition coefficient (Wildman–Crippen LogP) is 4.46. The topological polar surface area (TPSA) is 58.7 Å². The number of hydrogen-bond acceptors (Lipinski definition) is 6. The molecule has 0 unspecified atom stereocenters. The first-order chi connectivity index (χ1) is 16.2. The lowest BCUT2D eigenvalue weighted by Crippen LogP contribution is -2.53. The van der Waals surface area contributed by atoms with Crippen molar-refractivity contribution in [2.24, 2.45) is 0 Å². The Kier molecular flexibility index (Phi) is 5.72. The summed E-state index contributed by atoms with van der Waals surface area (Å²) in [7, 11) is 0. The Morgan fingerprint density at radius 2 is 1.85 bits per heavy atom. The van der Waals surface area contributed by atoms with Crippen molar-refractivity contribution in [3.8, 4) is 5.75 Å². The fraction of sp³-hybridized carbons (Fsp3) is 0.577. The van der Waals surface area contributed by atoms with Gasteiger partial charge in [-0.2, -0.15) is 0 Å². The predicted molar refractivity (Wildman–Crippen MR) is 126 cm³/mol. The van der Waals surface area contributed by atoms with Crippen molar-refractivity contribution in [3.05, 3.63) is 46.9 Å². The Hall–Kier alpha value is -2.22. The van der Waals surface area contributed by atoms with E-state index in [0.29, 0.717) is 29.3 Å². The third-order valence-electron chi connectivity index (χ3n) is 7.91. The molecule has 2 N–H and O–H groups in total. The lowest BCUT2D eigenvalue weighted by molar-refractivity contribution is 0.0727. The van der Waals surface area contributed by atoms with Gasteiger partial charge >= 0.3 is 0 Å². The summed E-state index contributed by atoms with van der Waals surface area (Å²) in [4.78, 5) is 7.19. The zero-order chi connectivity index (χ0) is 22.4. The molecule has 1 aromatic carbocycles. The van der Waals surface area contributed by atoms with Gasteiger partial charge in [0.25, 0.3) is 0 Å². The third-order valence-corrected chi connectivity index (χ3v) is 7.91. The molecule has 6 rings (SSSR count). The first kappa shape index (κ1) is 21.3. The first-order valence-electron chi connectivity index (χ1n) is 12.5. The number of rotatable bonds is 3. The van der Waals surface area contributed by atoms with Crippen molar-refractivity contribution < 1.29 is 13.9 Å². The van der Waals surface area contributed by atoms with E-state index in [4.69, 9.17) is 9.47 Å². The summed E-state index contributed by atoms with van der Waals surface area (Å²) in [6.45, 7) is 7.75. The molecule has 0 bridgehead atoms. The number of hydrogen-bond donors (Lipinski definition) is 2. The number of nitrogens with one attached hydrogen (secondary N) is 2. The Labute approximate surface area is 194 Å². The van der Waals surface area contributed by atoms with Crippen molar-refractivity contribution in [2.45, 2.75) is 56.6 Å². The van der Waals surface area contributed by atoms with E-state index in [1.54, 1.807) is 6.07 Å². The summed E-state index contributed by atoms with van der Waals surface area (Å²) >= 11 is 0. The Morgan fingerprint density at radius 3 is 2.64 bits per heavy atom. The molecule has 0 radical (unpaired) electrons. The zero-order valence-corrected chi connectivity index (χ0v) is 19.3. The van der Waals surface area contributed by atoms with Crippen molar-refractivity contribution in [1.29, 1.82) is 0 Å². The lowest BCUT2D eigenvalue weighted by atomic mass is 9.87. The van der Waals surface area contributed by atoms with Gasteiger partial charge in [0.15, 0.2) is 11.6 Å². The maximum atomic E-state index is 15.3. The van der Waals surface area contributed by atoms with Crippen LogP contribution in [-0.2, 0) is 4.74 Å². The van der Waals surface area contributed by atoms with Gasteiger partial charge in [-0.15, -0.1) is 0 Å². The molecule has 3 fully saturated rings. The van der Waals surface area contributed by atoms with Crippen LogP contribution in [0.4, 0.5) is 15.9 Å². The van der Waals surface area contributed by atoms with Crippen LogP contribution in [0.2, 0.25) is 0 Å². The van der Waals surface area contributed by atoms with Gasteiger partial charge < -0.3 is 20.1 Å². The number of aromatic nitrogens is 1. The molecule has 6 nitrogen and oxygen atoms in total. The number of nitrogens with zero attached hydrogens (tertiary/aromatic N) is 2. The summed E-state index contributed by atoms with van der Waals surface area (Å²) in [5.41, 5.74) is 4.02. The van der Waals surface area contributed by atoms with E-state index < -0.39 is 0 Å². The van der Waals surface area contributed by atoms with Crippen LogP contribution in [-0.4, -0.2) is 55.3 Å². The van der Waals surface area contributed by atoms with E-state index in [9.17, 15) is 0 Å². The number of halogens is 1. The van der Waals surface area contributed by atoms with Crippen LogP contribution in [0.1, 0.15) is 67.2 Å². The largest absolute Gasteiger partial charge is 0.481 e. The number of piperidine rings is 1. The van der Waals surface area contributed by atoms with Gasteiger partial charge in [0.05, 0.1) is 5.69 Å². The number of ether oxygens (including phenoxy) is 2. The quantitative estimate of drug-likeness (QED) is 0.717. The normalized spacial score (nSPS) is 24.7. The van der Waals surface area contributed by atoms with Crippen molar-refractivity contribution in [3.63, 3.8) is 0 Å². The van der Waals surface area contributed by atoms with E-state index >= 15 is 4.39 Å². The Morgan fingerprint density at radius 1 is 1.06 bits per heavy atom. The first-order valence-corrected chi connectivity index (χ1v) is 12.5. The molecule has 7 heteroatoms. The van der Waals surface area contributed by atoms with Gasteiger partial charge in [-0.1, -0.05) is 0 Å². The molecule has 176 valence electrons. The van der Waals surface area contributed by atoms with Gasteiger partial charge in [0.1, 0.15) is 11.9 Å². The average Bonchev–Trinajstić information content (AvgIpc) is 2.96. The van der Waals surface area contributed by atoms with Crippen LogP contribution in [0, 0.1) is 5.82 Å². The highest BCUT2D eigenvalue weighted by molar-refractivity contribution is 5.70. The minimum atomic E-state index is -0.289.